The van der Waals surface area contributed by atoms with Crippen molar-refractivity contribution in [1.82, 2.24) is 24.5 Å². The summed E-state index contributed by atoms with van der Waals surface area (Å²) in [4.78, 5) is 8.66. The first kappa shape index (κ1) is 14.9. The highest BCUT2D eigenvalue weighted by molar-refractivity contribution is 5.64. The van der Waals surface area contributed by atoms with Gasteiger partial charge < -0.3 is 4.90 Å². The van der Waals surface area contributed by atoms with Crippen molar-refractivity contribution in [2.24, 2.45) is 0 Å². The predicted molar refractivity (Wildman–Crippen MR) is 84.6 cm³/mol. The van der Waals surface area contributed by atoms with Gasteiger partial charge in [0.1, 0.15) is 6.33 Å². The molecule has 0 saturated carbocycles. The van der Waals surface area contributed by atoms with E-state index in [2.05, 4.69) is 25.0 Å². The first-order chi connectivity index (χ1) is 11.6. The molecule has 3 aromatic rings. The minimum atomic E-state index is -0.816. The van der Waals surface area contributed by atoms with Gasteiger partial charge in [-0.2, -0.15) is 0 Å². The van der Waals surface area contributed by atoms with Crippen LogP contribution in [0.4, 0.5) is 14.6 Å². The van der Waals surface area contributed by atoms with Crippen LogP contribution in [-0.4, -0.2) is 50.7 Å². The van der Waals surface area contributed by atoms with Crippen molar-refractivity contribution >= 4 is 11.5 Å². The second-order valence-corrected chi connectivity index (χ2v) is 6.04. The van der Waals surface area contributed by atoms with E-state index in [1.54, 1.807) is 18.6 Å². The highest BCUT2D eigenvalue weighted by Crippen LogP contribution is 2.25. The molecule has 8 heteroatoms. The average molecular weight is 330 g/mol. The molecule has 0 bridgehead atoms. The molecule has 1 fully saturated rings. The Labute approximate surface area is 137 Å². The van der Waals surface area contributed by atoms with E-state index in [0.29, 0.717) is 12.6 Å². The van der Waals surface area contributed by atoms with Crippen molar-refractivity contribution in [3.05, 3.63) is 54.1 Å². The lowest BCUT2D eigenvalue weighted by Gasteiger charge is -2.44. The minimum absolute atomic E-state index is 0.322. The normalized spacial score (nSPS) is 15.2. The molecule has 24 heavy (non-hydrogen) atoms. The van der Waals surface area contributed by atoms with Crippen LogP contribution in [0.2, 0.25) is 0 Å². The smallest absolute Gasteiger partial charge is 0.203 e. The number of benzene rings is 1. The summed E-state index contributed by atoms with van der Waals surface area (Å²) in [7, 11) is 1.98. The van der Waals surface area contributed by atoms with Crippen LogP contribution >= 0.6 is 0 Å². The Hall–Kier alpha value is -2.61. The maximum atomic E-state index is 13.3. The van der Waals surface area contributed by atoms with Gasteiger partial charge in [-0.1, -0.05) is 6.07 Å². The largest absolute Gasteiger partial charge is 0.350 e. The number of halogens is 2. The van der Waals surface area contributed by atoms with Gasteiger partial charge in [-0.05, 0) is 24.7 Å². The summed E-state index contributed by atoms with van der Waals surface area (Å²) in [5, 5.41) is 7.99. The van der Waals surface area contributed by atoms with Crippen molar-refractivity contribution in [3.63, 3.8) is 0 Å². The molecule has 1 aliphatic rings. The molecule has 4 rings (SSSR count). The molecule has 2 aromatic heterocycles. The third-order valence-electron chi connectivity index (χ3n) is 4.40. The SMILES string of the molecule is CN(Cc1ccc(F)c(F)c1)C1CN(c2nccn3cnnc23)C1. The van der Waals surface area contributed by atoms with Crippen LogP contribution < -0.4 is 4.90 Å². The second-order valence-electron chi connectivity index (χ2n) is 6.04. The van der Waals surface area contributed by atoms with Gasteiger partial charge in [-0.3, -0.25) is 9.30 Å². The van der Waals surface area contributed by atoms with Gasteiger partial charge in [-0.15, -0.1) is 10.2 Å². The Morgan fingerprint density at radius 1 is 1.25 bits per heavy atom. The van der Waals surface area contributed by atoms with Crippen LogP contribution in [-0.2, 0) is 6.54 Å². The molecule has 0 N–H and O–H groups in total. The van der Waals surface area contributed by atoms with E-state index in [1.165, 1.54) is 12.1 Å². The standard InChI is InChI=1S/C16H16F2N6/c1-22(7-11-2-3-13(17)14(18)6-11)12-8-24(9-12)15-16-21-20-10-23(16)5-4-19-15/h2-6,10,12H,7-9H2,1H3. The molecule has 0 aliphatic carbocycles. The van der Waals surface area contributed by atoms with Crippen LogP contribution in [0.5, 0.6) is 0 Å². The van der Waals surface area contributed by atoms with Gasteiger partial charge in [0, 0.05) is 38.1 Å². The number of hydrogen-bond acceptors (Lipinski definition) is 5. The van der Waals surface area contributed by atoms with Crippen LogP contribution in [0, 0.1) is 11.6 Å². The highest BCUT2D eigenvalue weighted by Gasteiger charge is 2.32. The van der Waals surface area contributed by atoms with Gasteiger partial charge in [0.2, 0.25) is 5.65 Å². The number of rotatable bonds is 4. The monoisotopic (exact) mass is 330 g/mol. The second kappa shape index (κ2) is 5.79. The number of fused-ring (bicyclic) bond motifs is 1. The quantitative estimate of drug-likeness (QED) is 0.729. The lowest BCUT2D eigenvalue weighted by molar-refractivity contribution is 0.196. The van der Waals surface area contributed by atoms with Gasteiger partial charge in [0.05, 0.1) is 0 Å². The van der Waals surface area contributed by atoms with Crippen molar-refractivity contribution in [2.45, 2.75) is 12.6 Å². The third kappa shape index (κ3) is 2.58. The zero-order valence-electron chi connectivity index (χ0n) is 13.1. The predicted octanol–water partition coefficient (Wildman–Crippen LogP) is 1.72. The molecule has 0 unspecified atom stereocenters. The summed E-state index contributed by atoms with van der Waals surface area (Å²) < 4.78 is 28.1. The third-order valence-corrected chi connectivity index (χ3v) is 4.40. The van der Waals surface area contributed by atoms with E-state index in [1.807, 2.05) is 17.6 Å². The first-order valence-corrected chi connectivity index (χ1v) is 7.65. The van der Waals surface area contributed by atoms with Crippen molar-refractivity contribution in [3.8, 4) is 0 Å². The molecule has 1 saturated heterocycles. The molecule has 1 aromatic carbocycles. The van der Waals surface area contributed by atoms with E-state index < -0.39 is 11.6 Å². The van der Waals surface area contributed by atoms with Crippen molar-refractivity contribution in [2.75, 3.05) is 25.0 Å². The molecule has 0 radical (unpaired) electrons. The van der Waals surface area contributed by atoms with E-state index in [-0.39, 0.29) is 0 Å². The van der Waals surface area contributed by atoms with Gasteiger partial charge in [0.15, 0.2) is 17.5 Å². The van der Waals surface area contributed by atoms with E-state index in [0.717, 1.165) is 30.1 Å². The number of anilines is 1. The maximum Gasteiger partial charge on any atom is 0.203 e. The average Bonchev–Trinajstić information content (AvgIpc) is 2.99. The van der Waals surface area contributed by atoms with E-state index in [9.17, 15) is 8.78 Å². The van der Waals surface area contributed by atoms with Crippen LogP contribution in [0.25, 0.3) is 5.65 Å². The molecule has 124 valence electrons. The lowest BCUT2D eigenvalue weighted by Crippen LogP contribution is -2.58. The van der Waals surface area contributed by atoms with Crippen LogP contribution in [0.3, 0.4) is 0 Å². The summed E-state index contributed by atoms with van der Waals surface area (Å²) in [6.45, 7) is 2.18. The summed E-state index contributed by atoms with van der Waals surface area (Å²) in [6, 6.07) is 4.36. The highest BCUT2D eigenvalue weighted by atomic mass is 19.2. The molecule has 0 amide bonds. The number of nitrogens with zero attached hydrogens (tertiary/aromatic N) is 6. The zero-order chi connectivity index (χ0) is 16.7. The molecule has 6 nitrogen and oxygen atoms in total. The molecular formula is C16H16F2N6. The molecular weight excluding hydrogens is 314 g/mol. The van der Waals surface area contributed by atoms with Crippen LogP contribution in [0.1, 0.15) is 5.56 Å². The van der Waals surface area contributed by atoms with Crippen molar-refractivity contribution in [1.29, 1.82) is 0 Å². The number of likely N-dealkylation sites (N-methyl/N-ethyl adjacent to an activating group) is 1. The van der Waals surface area contributed by atoms with Gasteiger partial charge in [-0.25, -0.2) is 13.8 Å². The fraction of sp³-hybridized carbons (Fsp3) is 0.312. The summed E-state index contributed by atoms with van der Waals surface area (Å²) in [5.41, 5.74) is 1.49. The Morgan fingerprint density at radius 3 is 2.88 bits per heavy atom. The Balaban J connectivity index is 1.41. The minimum Gasteiger partial charge on any atom is -0.350 e. The van der Waals surface area contributed by atoms with E-state index in [4.69, 9.17) is 0 Å². The maximum absolute atomic E-state index is 13.3. The lowest BCUT2D eigenvalue weighted by atomic mass is 10.1. The first-order valence-electron chi connectivity index (χ1n) is 7.65. The van der Waals surface area contributed by atoms with Gasteiger partial charge >= 0.3 is 0 Å². The molecule has 1 aliphatic heterocycles. The number of aromatic nitrogens is 4. The fourth-order valence-corrected chi connectivity index (χ4v) is 2.93. The Kier molecular flexibility index (Phi) is 3.61. The molecule has 0 spiro atoms. The summed E-state index contributed by atoms with van der Waals surface area (Å²) in [5.74, 6) is -0.810. The fourth-order valence-electron chi connectivity index (χ4n) is 2.93. The zero-order valence-corrected chi connectivity index (χ0v) is 13.1. The topological polar surface area (TPSA) is 49.6 Å². The molecule has 3 heterocycles. The number of hydrogen-bond donors (Lipinski definition) is 0. The van der Waals surface area contributed by atoms with E-state index >= 15 is 0 Å². The Morgan fingerprint density at radius 2 is 2.08 bits per heavy atom. The Bertz CT molecular complexity index is 874. The van der Waals surface area contributed by atoms with Crippen molar-refractivity contribution < 1.29 is 8.78 Å². The van der Waals surface area contributed by atoms with Crippen LogP contribution in [0.15, 0.2) is 36.9 Å². The summed E-state index contributed by atoms with van der Waals surface area (Å²) in [6.07, 6.45) is 5.18. The molecule has 0 atom stereocenters. The summed E-state index contributed by atoms with van der Waals surface area (Å²) >= 11 is 0. The van der Waals surface area contributed by atoms with Gasteiger partial charge in [0.25, 0.3) is 0 Å².